The van der Waals surface area contributed by atoms with Gasteiger partial charge in [-0.05, 0) is 39.0 Å². The Morgan fingerprint density at radius 1 is 1.29 bits per heavy atom. The van der Waals surface area contributed by atoms with Crippen LogP contribution in [0.1, 0.15) is 31.1 Å². The van der Waals surface area contributed by atoms with Crippen LogP contribution in [-0.4, -0.2) is 11.4 Å². The molecule has 2 rings (SSSR count). The van der Waals surface area contributed by atoms with Crippen molar-refractivity contribution >= 4 is 27.5 Å². The molecule has 0 saturated heterocycles. The van der Waals surface area contributed by atoms with Crippen LogP contribution in [-0.2, 0) is 0 Å². The number of hydrogen-bond donors (Lipinski definition) is 0. The zero-order chi connectivity index (χ0) is 10.5. The normalized spacial score (nSPS) is 15.1. The molecule has 0 aromatic heterocycles. The molecule has 1 aromatic rings. The van der Waals surface area contributed by atoms with Gasteiger partial charge < -0.3 is 4.90 Å². The van der Waals surface area contributed by atoms with E-state index in [0.717, 1.165) is 15.7 Å². The lowest BCUT2D eigenvalue weighted by molar-refractivity contribution is 0.0941. The van der Waals surface area contributed by atoms with Gasteiger partial charge in [-0.2, -0.15) is 0 Å². The minimum absolute atomic E-state index is 0.119. The van der Waals surface area contributed by atoms with E-state index >= 15 is 0 Å². The highest BCUT2D eigenvalue weighted by atomic mass is 79.9. The Hall–Kier alpha value is -0.830. The summed E-state index contributed by atoms with van der Waals surface area (Å²) in [6, 6.07) is 5.82. The van der Waals surface area contributed by atoms with E-state index in [2.05, 4.69) is 15.9 Å². The Kier molecular flexibility index (Phi) is 1.96. The van der Waals surface area contributed by atoms with Crippen molar-refractivity contribution in [3.05, 3.63) is 28.2 Å². The average Bonchev–Trinajstić information content (AvgIpc) is 2.04. The molecule has 0 N–H and O–H groups in total. The summed E-state index contributed by atoms with van der Waals surface area (Å²) in [6.45, 7) is 6.11. The number of benzene rings is 1. The number of anilines is 1. The summed E-state index contributed by atoms with van der Waals surface area (Å²) < 4.78 is 0.957. The third-order valence-electron chi connectivity index (χ3n) is 2.30. The molecule has 1 amide bonds. The second kappa shape index (κ2) is 2.83. The van der Waals surface area contributed by atoms with Crippen LogP contribution in [0.4, 0.5) is 5.69 Å². The molecule has 0 unspecified atom stereocenters. The van der Waals surface area contributed by atoms with E-state index in [4.69, 9.17) is 0 Å². The van der Waals surface area contributed by atoms with Crippen molar-refractivity contribution in [1.29, 1.82) is 0 Å². The van der Waals surface area contributed by atoms with Gasteiger partial charge >= 0.3 is 0 Å². The molecule has 1 aliphatic heterocycles. The summed E-state index contributed by atoms with van der Waals surface area (Å²) in [5.41, 5.74) is 1.72. The van der Waals surface area contributed by atoms with Crippen LogP contribution in [0.5, 0.6) is 0 Å². The lowest BCUT2D eigenvalue weighted by Gasteiger charge is -2.43. The Morgan fingerprint density at radius 2 is 1.93 bits per heavy atom. The molecular formula is C11H12BrNO. The number of nitrogens with zero attached hydrogens (tertiary/aromatic N) is 1. The van der Waals surface area contributed by atoms with Crippen LogP contribution in [0.3, 0.4) is 0 Å². The third-order valence-corrected chi connectivity index (χ3v) is 2.80. The fourth-order valence-corrected chi connectivity index (χ4v) is 2.08. The first-order chi connectivity index (χ1) is 6.41. The minimum Gasteiger partial charge on any atom is -0.302 e. The van der Waals surface area contributed by atoms with E-state index in [1.54, 1.807) is 0 Å². The average molecular weight is 254 g/mol. The summed E-state index contributed by atoms with van der Waals surface area (Å²) in [5, 5.41) is 0. The lowest BCUT2D eigenvalue weighted by atomic mass is 9.94. The van der Waals surface area contributed by atoms with E-state index < -0.39 is 0 Å². The van der Waals surface area contributed by atoms with Crippen LogP contribution in [0, 0.1) is 0 Å². The highest BCUT2D eigenvalue weighted by molar-refractivity contribution is 9.10. The molecule has 14 heavy (non-hydrogen) atoms. The molecule has 0 atom stereocenters. The summed E-state index contributed by atoms with van der Waals surface area (Å²) in [6.07, 6.45) is 0. The predicted molar refractivity (Wildman–Crippen MR) is 60.7 cm³/mol. The first kappa shape index (κ1) is 9.71. The molecule has 1 aromatic carbocycles. The van der Waals surface area contributed by atoms with Crippen LogP contribution in [0.25, 0.3) is 0 Å². The first-order valence-corrected chi connectivity index (χ1v) is 5.34. The monoisotopic (exact) mass is 253 g/mol. The number of fused-ring (bicyclic) bond motifs is 1. The van der Waals surface area contributed by atoms with Crippen molar-refractivity contribution in [1.82, 2.24) is 0 Å². The van der Waals surface area contributed by atoms with Crippen LogP contribution >= 0.6 is 15.9 Å². The summed E-state index contributed by atoms with van der Waals surface area (Å²) >= 11 is 3.36. The third kappa shape index (κ3) is 1.27. The van der Waals surface area contributed by atoms with Gasteiger partial charge in [0.2, 0.25) is 0 Å². The topological polar surface area (TPSA) is 20.3 Å². The van der Waals surface area contributed by atoms with Gasteiger partial charge in [-0.25, -0.2) is 0 Å². The molecule has 0 aliphatic carbocycles. The summed E-state index contributed by atoms with van der Waals surface area (Å²) in [5.74, 6) is 0.119. The zero-order valence-corrected chi connectivity index (χ0v) is 10.1. The van der Waals surface area contributed by atoms with Gasteiger partial charge in [0.1, 0.15) is 0 Å². The highest BCUT2D eigenvalue weighted by Crippen LogP contribution is 2.39. The molecule has 2 nitrogen and oxygen atoms in total. The van der Waals surface area contributed by atoms with E-state index in [1.165, 1.54) is 0 Å². The number of carbonyl (C=O) groups excluding carboxylic acids is 1. The van der Waals surface area contributed by atoms with Crippen LogP contribution < -0.4 is 4.90 Å². The lowest BCUT2D eigenvalue weighted by Crippen LogP contribution is -2.52. The highest BCUT2D eigenvalue weighted by Gasteiger charge is 2.39. The smallest absolute Gasteiger partial charge is 0.260 e. The largest absolute Gasteiger partial charge is 0.302 e. The summed E-state index contributed by atoms with van der Waals surface area (Å²) in [7, 11) is 0. The van der Waals surface area contributed by atoms with Gasteiger partial charge in [-0.1, -0.05) is 15.9 Å². The number of hydrogen-bond acceptors (Lipinski definition) is 1. The fourth-order valence-electron chi connectivity index (χ4n) is 1.72. The van der Waals surface area contributed by atoms with Gasteiger partial charge in [-0.15, -0.1) is 0 Å². The molecule has 1 heterocycles. The number of amides is 1. The van der Waals surface area contributed by atoms with E-state index in [0.29, 0.717) is 0 Å². The first-order valence-electron chi connectivity index (χ1n) is 4.55. The zero-order valence-electron chi connectivity index (χ0n) is 8.47. The van der Waals surface area contributed by atoms with Crippen molar-refractivity contribution in [2.75, 3.05) is 4.90 Å². The number of rotatable bonds is 0. The second-order valence-corrected chi connectivity index (χ2v) is 5.39. The van der Waals surface area contributed by atoms with Gasteiger partial charge in [0.15, 0.2) is 0 Å². The van der Waals surface area contributed by atoms with E-state index in [-0.39, 0.29) is 11.4 Å². The van der Waals surface area contributed by atoms with Crippen molar-refractivity contribution in [3.63, 3.8) is 0 Å². The van der Waals surface area contributed by atoms with Crippen molar-refractivity contribution in [2.45, 2.75) is 26.3 Å². The molecule has 0 fully saturated rings. The van der Waals surface area contributed by atoms with Gasteiger partial charge in [-0.3, -0.25) is 4.79 Å². The Bertz CT molecular complexity index is 406. The standard InChI is InChI=1S/C11H12BrNO/c1-11(2,3)13-9-5-4-7(12)6-8(9)10(13)14/h4-6H,1-3H3. The van der Waals surface area contributed by atoms with E-state index in [1.807, 2.05) is 43.9 Å². The predicted octanol–water partition coefficient (Wildman–Crippen LogP) is 3.21. The Balaban J connectivity index is 2.47. The van der Waals surface area contributed by atoms with Crippen molar-refractivity contribution in [2.24, 2.45) is 0 Å². The second-order valence-electron chi connectivity index (χ2n) is 4.47. The molecule has 3 heteroatoms. The molecule has 0 spiro atoms. The maximum Gasteiger partial charge on any atom is 0.260 e. The van der Waals surface area contributed by atoms with Crippen molar-refractivity contribution in [3.8, 4) is 0 Å². The molecule has 0 saturated carbocycles. The van der Waals surface area contributed by atoms with Gasteiger partial charge in [0, 0.05) is 10.0 Å². The van der Waals surface area contributed by atoms with Crippen LogP contribution in [0.2, 0.25) is 0 Å². The SMILES string of the molecule is CC(C)(C)N1C(=O)c2cc(Br)ccc21. The van der Waals surface area contributed by atoms with Gasteiger partial charge in [0.25, 0.3) is 5.91 Å². The maximum atomic E-state index is 11.8. The maximum absolute atomic E-state index is 11.8. The molecule has 74 valence electrons. The van der Waals surface area contributed by atoms with Crippen molar-refractivity contribution < 1.29 is 4.79 Å². The Labute approximate surface area is 92.0 Å². The molecule has 0 radical (unpaired) electrons. The number of halogens is 1. The number of carbonyl (C=O) groups is 1. The van der Waals surface area contributed by atoms with Gasteiger partial charge in [0.05, 0.1) is 11.3 Å². The molecular weight excluding hydrogens is 242 g/mol. The van der Waals surface area contributed by atoms with E-state index in [9.17, 15) is 4.79 Å². The quantitative estimate of drug-likeness (QED) is 0.696. The molecule has 0 bridgehead atoms. The minimum atomic E-state index is -0.127. The fraction of sp³-hybridized carbons (Fsp3) is 0.364. The Morgan fingerprint density at radius 3 is 2.50 bits per heavy atom. The summed E-state index contributed by atoms with van der Waals surface area (Å²) in [4.78, 5) is 13.6. The molecule has 1 aliphatic rings. The van der Waals surface area contributed by atoms with Crippen LogP contribution in [0.15, 0.2) is 22.7 Å².